The zero-order valence-electron chi connectivity index (χ0n) is 16.8. The van der Waals surface area contributed by atoms with E-state index in [9.17, 15) is 9.59 Å². The maximum absolute atomic E-state index is 13.3. The number of aromatic nitrogens is 3. The summed E-state index contributed by atoms with van der Waals surface area (Å²) >= 11 is 0. The molecule has 1 N–H and O–H groups in total. The SMILES string of the molecule is CCOCC(=O)NC[C@H]1[C@H]2CN(C(=O)c3cnn4ccn(C)c34)C[C@]23CC[C@H]1O3. The van der Waals surface area contributed by atoms with Crippen molar-refractivity contribution in [1.29, 1.82) is 0 Å². The normalized spacial score (nSPS) is 30.3. The lowest BCUT2D eigenvalue weighted by atomic mass is 9.73. The van der Waals surface area contributed by atoms with E-state index in [-0.39, 0.29) is 42.0 Å². The molecule has 2 bridgehead atoms. The Balaban J connectivity index is 1.31. The Morgan fingerprint density at radius 3 is 3.10 bits per heavy atom. The van der Waals surface area contributed by atoms with Crippen molar-refractivity contribution in [2.45, 2.75) is 31.5 Å². The maximum Gasteiger partial charge on any atom is 0.259 e. The summed E-state index contributed by atoms with van der Waals surface area (Å²) in [4.78, 5) is 27.2. The van der Waals surface area contributed by atoms with Crippen LogP contribution >= 0.6 is 0 Å². The molecule has 3 saturated heterocycles. The predicted molar refractivity (Wildman–Crippen MR) is 103 cm³/mol. The van der Waals surface area contributed by atoms with Crippen molar-refractivity contribution in [1.82, 2.24) is 24.4 Å². The number of carbonyl (C=O) groups excluding carboxylic acids is 2. The number of nitrogens with zero attached hydrogens (tertiary/aromatic N) is 4. The molecule has 1 spiro atoms. The van der Waals surface area contributed by atoms with Gasteiger partial charge in [0.05, 0.1) is 24.4 Å². The smallest absolute Gasteiger partial charge is 0.259 e. The quantitative estimate of drug-likeness (QED) is 0.759. The van der Waals surface area contributed by atoms with Gasteiger partial charge >= 0.3 is 0 Å². The number of amides is 2. The minimum absolute atomic E-state index is 0.00300. The molecule has 2 amide bonds. The number of rotatable bonds is 6. The molecule has 0 aromatic carbocycles. The van der Waals surface area contributed by atoms with Gasteiger partial charge in [0.1, 0.15) is 17.8 Å². The van der Waals surface area contributed by atoms with Crippen LogP contribution < -0.4 is 5.32 Å². The standard InChI is InChI=1S/C20H27N5O4/c1-3-28-11-17(26)21-8-13-15-10-24(12-20(15)5-4-16(13)29-20)19(27)14-9-22-25-7-6-23(2)18(14)25/h6-7,9,13,15-16H,3-5,8,10-12H2,1-2H3,(H,21,26)/t13-,15+,16+,20+/m0/s1. The maximum atomic E-state index is 13.3. The fraction of sp³-hybridized carbons (Fsp3) is 0.650. The number of ether oxygens (including phenoxy) is 2. The molecule has 5 heterocycles. The molecule has 5 rings (SSSR count). The molecule has 2 aromatic heterocycles. The summed E-state index contributed by atoms with van der Waals surface area (Å²) in [6, 6.07) is 0. The average molecular weight is 401 g/mol. The van der Waals surface area contributed by atoms with Gasteiger partial charge in [0.25, 0.3) is 5.91 Å². The van der Waals surface area contributed by atoms with Crippen LogP contribution in [0.3, 0.4) is 0 Å². The molecule has 0 unspecified atom stereocenters. The highest BCUT2D eigenvalue weighted by atomic mass is 16.5. The third-order valence-corrected chi connectivity index (χ3v) is 6.81. The number of hydrogen-bond acceptors (Lipinski definition) is 5. The summed E-state index contributed by atoms with van der Waals surface area (Å²) in [5.41, 5.74) is 1.15. The summed E-state index contributed by atoms with van der Waals surface area (Å²) in [6.07, 6.45) is 7.51. The van der Waals surface area contributed by atoms with Crippen LogP contribution in [0.25, 0.3) is 5.65 Å². The minimum atomic E-state index is -0.268. The van der Waals surface area contributed by atoms with Crippen molar-refractivity contribution in [3.05, 3.63) is 24.2 Å². The van der Waals surface area contributed by atoms with E-state index in [0.717, 1.165) is 18.5 Å². The van der Waals surface area contributed by atoms with Gasteiger partial charge in [-0.3, -0.25) is 9.59 Å². The highest BCUT2D eigenvalue weighted by Crippen LogP contribution is 2.54. The molecular weight excluding hydrogens is 374 g/mol. The van der Waals surface area contributed by atoms with Gasteiger partial charge in [-0.05, 0) is 19.8 Å². The molecule has 9 nitrogen and oxygen atoms in total. The van der Waals surface area contributed by atoms with Gasteiger partial charge in [0.15, 0.2) is 0 Å². The van der Waals surface area contributed by atoms with Crippen LogP contribution in [-0.4, -0.2) is 75.4 Å². The number of likely N-dealkylation sites (tertiary alicyclic amines) is 1. The molecule has 9 heteroatoms. The largest absolute Gasteiger partial charge is 0.372 e. The molecule has 0 saturated carbocycles. The second kappa shape index (κ2) is 6.84. The van der Waals surface area contributed by atoms with Crippen LogP contribution in [0.4, 0.5) is 0 Å². The lowest BCUT2D eigenvalue weighted by molar-refractivity contribution is -0.125. The van der Waals surface area contributed by atoms with Crippen LogP contribution in [0.15, 0.2) is 18.6 Å². The Morgan fingerprint density at radius 1 is 1.41 bits per heavy atom. The second-order valence-corrected chi connectivity index (χ2v) is 8.39. The highest BCUT2D eigenvalue weighted by molar-refractivity contribution is 6.00. The lowest BCUT2D eigenvalue weighted by Crippen LogP contribution is -2.42. The Bertz CT molecular complexity index is 952. The monoisotopic (exact) mass is 401 g/mol. The molecule has 4 atom stereocenters. The van der Waals surface area contributed by atoms with Crippen molar-refractivity contribution in [3.8, 4) is 0 Å². The van der Waals surface area contributed by atoms with Gasteiger partial charge in [-0.2, -0.15) is 5.10 Å². The Kier molecular flexibility index (Phi) is 4.40. The Morgan fingerprint density at radius 2 is 2.28 bits per heavy atom. The highest BCUT2D eigenvalue weighted by Gasteiger charge is 2.63. The zero-order valence-corrected chi connectivity index (χ0v) is 16.8. The van der Waals surface area contributed by atoms with Crippen LogP contribution in [0, 0.1) is 11.8 Å². The zero-order chi connectivity index (χ0) is 20.2. The van der Waals surface area contributed by atoms with E-state index in [1.807, 2.05) is 35.8 Å². The summed E-state index contributed by atoms with van der Waals surface area (Å²) in [5.74, 6) is 0.378. The van der Waals surface area contributed by atoms with Gasteiger partial charge in [0, 0.05) is 51.0 Å². The van der Waals surface area contributed by atoms with Gasteiger partial charge < -0.3 is 24.3 Å². The number of fused-ring (bicyclic) bond motifs is 2. The first-order valence-electron chi connectivity index (χ1n) is 10.3. The van der Waals surface area contributed by atoms with E-state index in [4.69, 9.17) is 9.47 Å². The van der Waals surface area contributed by atoms with E-state index >= 15 is 0 Å². The van der Waals surface area contributed by atoms with Crippen molar-refractivity contribution >= 4 is 17.5 Å². The first-order chi connectivity index (χ1) is 14.0. The van der Waals surface area contributed by atoms with E-state index in [0.29, 0.717) is 31.8 Å². The summed E-state index contributed by atoms with van der Waals surface area (Å²) < 4.78 is 15.2. The molecule has 0 radical (unpaired) electrons. The minimum Gasteiger partial charge on any atom is -0.372 e. The molecule has 0 aliphatic carbocycles. The Hall–Kier alpha value is -2.39. The van der Waals surface area contributed by atoms with Crippen molar-refractivity contribution in [3.63, 3.8) is 0 Å². The topological polar surface area (TPSA) is 90.1 Å². The predicted octanol–water partition coefficient (Wildman–Crippen LogP) is 0.445. The molecule has 3 aliphatic rings. The van der Waals surface area contributed by atoms with Crippen molar-refractivity contribution in [2.24, 2.45) is 18.9 Å². The molecule has 29 heavy (non-hydrogen) atoms. The average Bonchev–Trinajstić information content (AvgIpc) is 3.49. The van der Waals surface area contributed by atoms with Crippen LogP contribution in [0.2, 0.25) is 0 Å². The fourth-order valence-corrected chi connectivity index (χ4v) is 5.47. The number of nitrogens with one attached hydrogen (secondary N) is 1. The Labute approximate surface area is 168 Å². The number of aryl methyl sites for hydroxylation is 1. The lowest BCUT2D eigenvalue weighted by Gasteiger charge is -2.29. The van der Waals surface area contributed by atoms with Gasteiger partial charge in [-0.15, -0.1) is 0 Å². The van der Waals surface area contributed by atoms with Crippen molar-refractivity contribution < 1.29 is 19.1 Å². The van der Waals surface area contributed by atoms with E-state index in [1.54, 1.807) is 10.7 Å². The molecule has 156 valence electrons. The molecule has 3 aliphatic heterocycles. The number of carbonyl (C=O) groups is 2. The third-order valence-electron chi connectivity index (χ3n) is 6.81. The van der Waals surface area contributed by atoms with E-state index in [2.05, 4.69) is 10.4 Å². The molecular formula is C20H27N5O4. The van der Waals surface area contributed by atoms with Crippen LogP contribution in [0.1, 0.15) is 30.1 Å². The van der Waals surface area contributed by atoms with Gasteiger partial charge in [0.2, 0.25) is 5.91 Å². The van der Waals surface area contributed by atoms with Crippen LogP contribution in [-0.2, 0) is 21.3 Å². The summed E-state index contributed by atoms with van der Waals surface area (Å²) in [7, 11) is 1.91. The van der Waals surface area contributed by atoms with E-state index in [1.165, 1.54) is 0 Å². The fourth-order valence-electron chi connectivity index (χ4n) is 5.47. The molecule has 3 fully saturated rings. The van der Waals surface area contributed by atoms with Gasteiger partial charge in [-0.1, -0.05) is 0 Å². The number of imidazole rings is 1. The molecule has 2 aromatic rings. The third kappa shape index (κ3) is 2.86. The second-order valence-electron chi connectivity index (χ2n) is 8.39. The summed E-state index contributed by atoms with van der Waals surface area (Å²) in [5, 5.41) is 7.29. The first kappa shape index (κ1) is 18.6. The summed E-state index contributed by atoms with van der Waals surface area (Å²) in [6.45, 7) is 4.31. The van der Waals surface area contributed by atoms with Gasteiger partial charge in [-0.25, -0.2) is 4.52 Å². The number of hydrogen-bond donors (Lipinski definition) is 1. The van der Waals surface area contributed by atoms with Crippen LogP contribution in [0.5, 0.6) is 0 Å². The first-order valence-corrected chi connectivity index (χ1v) is 10.3. The van der Waals surface area contributed by atoms with Crippen molar-refractivity contribution in [2.75, 3.05) is 32.8 Å². The van der Waals surface area contributed by atoms with E-state index < -0.39 is 0 Å².